The number of carbonyl (C=O) groups is 1. The Morgan fingerprint density at radius 3 is 2.45 bits per heavy atom. The van der Waals surface area contributed by atoms with Gasteiger partial charge >= 0.3 is 6.01 Å². The molecular weight excluding hydrogens is 284 g/mol. The van der Waals surface area contributed by atoms with Crippen molar-refractivity contribution in [2.75, 3.05) is 27.4 Å². The number of benzene rings is 1. The third kappa shape index (κ3) is 3.79. The van der Waals surface area contributed by atoms with Crippen LogP contribution in [0.15, 0.2) is 30.6 Å². The number of rotatable bonds is 7. The summed E-state index contributed by atoms with van der Waals surface area (Å²) in [6, 6.07) is 5.56. The third-order valence-corrected chi connectivity index (χ3v) is 3.05. The van der Waals surface area contributed by atoms with Crippen molar-refractivity contribution in [3.05, 3.63) is 36.2 Å². The molecule has 0 atom stereocenters. The van der Waals surface area contributed by atoms with Gasteiger partial charge in [-0.15, -0.1) is 0 Å². The molecular formula is C16H18N2O4. The Morgan fingerprint density at radius 1 is 1.14 bits per heavy atom. The van der Waals surface area contributed by atoms with Crippen molar-refractivity contribution in [1.82, 2.24) is 9.97 Å². The van der Waals surface area contributed by atoms with E-state index in [1.54, 1.807) is 37.7 Å². The van der Waals surface area contributed by atoms with E-state index in [-0.39, 0.29) is 11.8 Å². The molecule has 1 heterocycles. The molecule has 22 heavy (non-hydrogen) atoms. The molecule has 1 aromatic carbocycles. The molecule has 0 amide bonds. The molecule has 2 aromatic rings. The van der Waals surface area contributed by atoms with E-state index in [4.69, 9.17) is 14.2 Å². The van der Waals surface area contributed by atoms with Crippen LogP contribution in [0.25, 0.3) is 11.1 Å². The van der Waals surface area contributed by atoms with Crippen LogP contribution >= 0.6 is 0 Å². The van der Waals surface area contributed by atoms with Gasteiger partial charge in [-0.2, -0.15) is 0 Å². The fourth-order valence-electron chi connectivity index (χ4n) is 1.90. The van der Waals surface area contributed by atoms with Crippen LogP contribution in [0.4, 0.5) is 0 Å². The lowest BCUT2D eigenvalue weighted by Gasteiger charge is -2.12. The standard InChI is InChI=1S/C16H18N2O4/c1-11(19)12-4-5-15(22-7-6-20-2)14(8-12)13-9-17-16(21-3)18-10-13/h4-5,8-10H,6-7H2,1-3H3. The van der Waals surface area contributed by atoms with Gasteiger partial charge in [0.2, 0.25) is 0 Å². The van der Waals surface area contributed by atoms with Gasteiger partial charge in [0.15, 0.2) is 5.78 Å². The van der Waals surface area contributed by atoms with Crippen molar-refractivity contribution in [3.8, 4) is 22.9 Å². The van der Waals surface area contributed by atoms with E-state index in [1.165, 1.54) is 14.0 Å². The number of carbonyl (C=O) groups excluding carboxylic acids is 1. The van der Waals surface area contributed by atoms with Gasteiger partial charge in [-0.1, -0.05) is 0 Å². The fourth-order valence-corrected chi connectivity index (χ4v) is 1.90. The van der Waals surface area contributed by atoms with Gasteiger partial charge in [0, 0.05) is 36.2 Å². The molecule has 0 aliphatic carbocycles. The molecule has 6 nitrogen and oxygen atoms in total. The van der Waals surface area contributed by atoms with Crippen molar-refractivity contribution in [2.24, 2.45) is 0 Å². The summed E-state index contributed by atoms with van der Waals surface area (Å²) in [4.78, 5) is 19.8. The average molecular weight is 302 g/mol. The molecule has 0 saturated carbocycles. The largest absolute Gasteiger partial charge is 0.491 e. The molecule has 0 unspecified atom stereocenters. The Morgan fingerprint density at radius 2 is 1.86 bits per heavy atom. The summed E-state index contributed by atoms with van der Waals surface area (Å²) >= 11 is 0. The zero-order chi connectivity index (χ0) is 15.9. The van der Waals surface area contributed by atoms with Crippen molar-refractivity contribution >= 4 is 5.78 Å². The number of nitrogens with zero attached hydrogens (tertiary/aromatic N) is 2. The molecule has 0 radical (unpaired) electrons. The normalized spacial score (nSPS) is 10.3. The lowest BCUT2D eigenvalue weighted by atomic mass is 10.0. The highest BCUT2D eigenvalue weighted by Crippen LogP contribution is 2.31. The molecule has 1 aromatic heterocycles. The summed E-state index contributed by atoms with van der Waals surface area (Å²) in [5.41, 5.74) is 2.10. The summed E-state index contributed by atoms with van der Waals surface area (Å²) in [7, 11) is 3.12. The van der Waals surface area contributed by atoms with Crippen molar-refractivity contribution in [1.29, 1.82) is 0 Å². The van der Waals surface area contributed by atoms with Crippen LogP contribution in [0.1, 0.15) is 17.3 Å². The van der Waals surface area contributed by atoms with Crippen molar-refractivity contribution < 1.29 is 19.0 Å². The highest BCUT2D eigenvalue weighted by molar-refractivity contribution is 5.95. The number of Topliss-reactive ketones (excluding diaryl/α,β-unsaturated/α-hetero) is 1. The maximum absolute atomic E-state index is 11.6. The number of aromatic nitrogens is 2. The Hall–Kier alpha value is -2.47. The van der Waals surface area contributed by atoms with Crippen molar-refractivity contribution in [3.63, 3.8) is 0 Å². The SMILES string of the molecule is COCCOc1ccc(C(C)=O)cc1-c1cnc(OC)nc1. The second-order valence-electron chi connectivity index (χ2n) is 4.57. The Labute approximate surface area is 129 Å². The first kappa shape index (κ1) is 15.9. The molecule has 0 bridgehead atoms. The number of hydrogen-bond donors (Lipinski definition) is 0. The average Bonchev–Trinajstić information content (AvgIpc) is 2.55. The van der Waals surface area contributed by atoms with Gasteiger partial charge in [-0.25, -0.2) is 9.97 Å². The van der Waals surface area contributed by atoms with E-state index in [1.807, 2.05) is 0 Å². The second kappa shape index (κ2) is 7.51. The Kier molecular flexibility index (Phi) is 5.43. The predicted octanol–water partition coefficient (Wildman–Crippen LogP) is 2.38. The monoisotopic (exact) mass is 302 g/mol. The summed E-state index contributed by atoms with van der Waals surface area (Å²) < 4.78 is 15.6. The maximum atomic E-state index is 11.6. The minimum Gasteiger partial charge on any atom is -0.491 e. The van der Waals surface area contributed by atoms with Gasteiger partial charge in [0.1, 0.15) is 12.4 Å². The van der Waals surface area contributed by atoms with E-state index in [2.05, 4.69) is 9.97 Å². The van der Waals surface area contributed by atoms with Gasteiger partial charge < -0.3 is 14.2 Å². The second-order valence-corrected chi connectivity index (χ2v) is 4.57. The van der Waals surface area contributed by atoms with Crippen LogP contribution in [0, 0.1) is 0 Å². The van der Waals surface area contributed by atoms with E-state index in [9.17, 15) is 4.79 Å². The summed E-state index contributed by atoms with van der Waals surface area (Å²) in [6.07, 6.45) is 3.27. The molecule has 6 heteroatoms. The Bertz CT molecular complexity index is 641. The summed E-state index contributed by atoms with van der Waals surface area (Å²) in [6.45, 7) is 2.42. The van der Waals surface area contributed by atoms with Crippen LogP contribution in [-0.2, 0) is 4.74 Å². The highest BCUT2D eigenvalue weighted by Gasteiger charge is 2.11. The maximum Gasteiger partial charge on any atom is 0.316 e. The van der Waals surface area contributed by atoms with E-state index in [0.29, 0.717) is 24.5 Å². The minimum absolute atomic E-state index is 0.0147. The quantitative estimate of drug-likeness (QED) is 0.577. The molecule has 2 rings (SSSR count). The Balaban J connectivity index is 2.38. The first-order valence-electron chi connectivity index (χ1n) is 6.79. The molecule has 0 saturated heterocycles. The highest BCUT2D eigenvalue weighted by atomic mass is 16.5. The zero-order valence-corrected chi connectivity index (χ0v) is 12.8. The minimum atomic E-state index is -0.0147. The van der Waals surface area contributed by atoms with Crippen LogP contribution in [0.3, 0.4) is 0 Å². The topological polar surface area (TPSA) is 70.5 Å². The summed E-state index contributed by atoms with van der Waals surface area (Å²) in [5.74, 6) is 0.634. The molecule has 0 fully saturated rings. The van der Waals surface area contributed by atoms with Crippen molar-refractivity contribution in [2.45, 2.75) is 6.92 Å². The molecule has 0 N–H and O–H groups in total. The van der Waals surface area contributed by atoms with Crippen LogP contribution in [-0.4, -0.2) is 43.2 Å². The van der Waals surface area contributed by atoms with Gasteiger partial charge in [0.05, 0.1) is 13.7 Å². The van der Waals surface area contributed by atoms with E-state index < -0.39 is 0 Å². The number of hydrogen-bond acceptors (Lipinski definition) is 6. The summed E-state index contributed by atoms with van der Waals surface area (Å²) in [5, 5.41) is 0. The molecule has 0 aliphatic rings. The lowest BCUT2D eigenvalue weighted by molar-refractivity contribution is 0.101. The lowest BCUT2D eigenvalue weighted by Crippen LogP contribution is -2.06. The fraction of sp³-hybridized carbons (Fsp3) is 0.312. The molecule has 0 aliphatic heterocycles. The zero-order valence-electron chi connectivity index (χ0n) is 12.8. The van der Waals surface area contributed by atoms with Crippen LogP contribution in [0.5, 0.6) is 11.8 Å². The van der Waals surface area contributed by atoms with E-state index in [0.717, 1.165) is 11.1 Å². The van der Waals surface area contributed by atoms with E-state index >= 15 is 0 Å². The number of methoxy groups -OCH3 is 2. The number of ether oxygens (including phenoxy) is 3. The van der Waals surface area contributed by atoms with Gasteiger partial charge in [-0.05, 0) is 25.1 Å². The molecule has 0 spiro atoms. The first-order chi connectivity index (χ1) is 10.7. The predicted molar refractivity (Wildman–Crippen MR) is 81.4 cm³/mol. The number of ketones is 1. The third-order valence-electron chi connectivity index (χ3n) is 3.05. The van der Waals surface area contributed by atoms with Gasteiger partial charge in [0.25, 0.3) is 0 Å². The smallest absolute Gasteiger partial charge is 0.316 e. The first-order valence-corrected chi connectivity index (χ1v) is 6.79. The van der Waals surface area contributed by atoms with Crippen LogP contribution in [0.2, 0.25) is 0 Å². The van der Waals surface area contributed by atoms with Crippen LogP contribution < -0.4 is 9.47 Å². The molecule has 116 valence electrons. The van der Waals surface area contributed by atoms with Gasteiger partial charge in [-0.3, -0.25) is 4.79 Å².